The van der Waals surface area contributed by atoms with Gasteiger partial charge in [-0.2, -0.15) is 5.10 Å². The minimum Gasteiger partial charge on any atom is -0.362 e. The maximum absolute atomic E-state index is 14.4. The summed E-state index contributed by atoms with van der Waals surface area (Å²) in [4.78, 5) is 28.0. The molecule has 170 valence electrons. The standard InChI is InChI=1S/C23H21ClFN5O3/c24-15-8-9-20(21(14-15)30(32)33)27-10-12-28(13-11-27)23(31)22-16-4-3-7-18(16)29(26-22)19-6-2-1-5-17(19)25/h1-2,5-6,8-9,14H,3-4,7,10-13H2. The smallest absolute Gasteiger partial charge is 0.294 e. The molecule has 2 aliphatic rings. The maximum Gasteiger partial charge on any atom is 0.294 e. The molecular formula is C23H21ClFN5O3. The van der Waals surface area contributed by atoms with Crippen LogP contribution in [-0.2, 0) is 12.8 Å². The molecule has 2 heterocycles. The van der Waals surface area contributed by atoms with E-state index in [-0.39, 0.29) is 17.4 Å². The Morgan fingerprint density at radius 3 is 2.55 bits per heavy atom. The van der Waals surface area contributed by atoms with Crippen molar-refractivity contribution in [2.45, 2.75) is 19.3 Å². The van der Waals surface area contributed by atoms with Crippen molar-refractivity contribution in [3.8, 4) is 5.69 Å². The molecule has 1 amide bonds. The lowest BCUT2D eigenvalue weighted by Gasteiger charge is -2.35. The van der Waals surface area contributed by atoms with Crippen LogP contribution in [0.5, 0.6) is 0 Å². The van der Waals surface area contributed by atoms with Gasteiger partial charge < -0.3 is 9.80 Å². The first-order chi connectivity index (χ1) is 15.9. The molecule has 0 bridgehead atoms. The minimum absolute atomic E-state index is 0.0521. The highest BCUT2D eigenvalue weighted by atomic mass is 35.5. The van der Waals surface area contributed by atoms with Gasteiger partial charge in [-0.25, -0.2) is 9.07 Å². The average Bonchev–Trinajstić information content (AvgIpc) is 3.42. The number of nitro benzene ring substituents is 1. The van der Waals surface area contributed by atoms with E-state index in [1.54, 1.807) is 39.9 Å². The molecule has 1 fully saturated rings. The largest absolute Gasteiger partial charge is 0.362 e. The predicted octanol–water partition coefficient (Wildman–Crippen LogP) is 4.02. The number of benzene rings is 2. The van der Waals surface area contributed by atoms with Crippen LogP contribution in [0.25, 0.3) is 5.69 Å². The van der Waals surface area contributed by atoms with Crippen LogP contribution in [0.4, 0.5) is 15.8 Å². The van der Waals surface area contributed by atoms with E-state index in [4.69, 9.17) is 11.6 Å². The van der Waals surface area contributed by atoms with Gasteiger partial charge in [0.15, 0.2) is 5.69 Å². The van der Waals surface area contributed by atoms with Crippen LogP contribution in [0.15, 0.2) is 42.5 Å². The summed E-state index contributed by atoms with van der Waals surface area (Å²) >= 11 is 5.93. The van der Waals surface area contributed by atoms with Crippen LogP contribution in [0.2, 0.25) is 5.02 Å². The summed E-state index contributed by atoms with van der Waals surface area (Å²) in [5.41, 5.74) is 2.93. The van der Waals surface area contributed by atoms with E-state index in [9.17, 15) is 19.3 Å². The first-order valence-corrected chi connectivity index (χ1v) is 11.2. The summed E-state index contributed by atoms with van der Waals surface area (Å²) < 4.78 is 16.0. The van der Waals surface area contributed by atoms with Gasteiger partial charge in [-0.1, -0.05) is 23.7 Å². The fourth-order valence-corrected chi connectivity index (χ4v) is 4.81. The molecule has 0 unspecified atom stereocenters. The lowest BCUT2D eigenvalue weighted by atomic mass is 10.1. The summed E-state index contributed by atoms with van der Waals surface area (Å²) in [5, 5.41) is 16.3. The number of aromatic nitrogens is 2. The van der Waals surface area contributed by atoms with Crippen molar-refractivity contribution in [1.82, 2.24) is 14.7 Å². The number of carbonyl (C=O) groups is 1. The molecule has 2 aromatic carbocycles. The third-order valence-corrected chi connectivity index (χ3v) is 6.49. The molecular weight excluding hydrogens is 449 g/mol. The third-order valence-electron chi connectivity index (χ3n) is 6.26. The SMILES string of the molecule is O=C(c1nn(-c2ccccc2F)c2c1CCC2)N1CCN(c2ccc(Cl)cc2[N+](=O)[O-])CC1. The topological polar surface area (TPSA) is 84.5 Å². The van der Waals surface area contributed by atoms with Gasteiger partial charge in [0.2, 0.25) is 0 Å². The van der Waals surface area contributed by atoms with Crippen LogP contribution in [-0.4, -0.2) is 51.7 Å². The second kappa shape index (κ2) is 8.47. The van der Waals surface area contributed by atoms with Crippen LogP contribution in [0.1, 0.15) is 28.2 Å². The van der Waals surface area contributed by atoms with Gasteiger partial charge in [0.25, 0.3) is 11.6 Å². The highest BCUT2D eigenvalue weighted by Crippen LogP contribution is 2.33. The zero-order valence-corrected chi connectivity index (χ0v) is 18.5. The van der Waals surface area contributed by atoms with Crippen molar-refractivity contribution in [2.24, 2.45) is 0 Å². The van der Waals surface area contributed by atoms with Gasteiger partial charge in [0, 0.05) is 48.5 Å². The summed E-state index contributed by atoms with van der Waals surface area (Å²) in [7, 11) is 0. The third kappa shape index (κ3) is 3.82. The lowest BCUT2D eigenvalue weighted by molar-refractivity contribution is -0.384. The van der Waals surface area contributed by atoms with E-state index in [0.717, 1.165) is 30.5 Å². The Bertz CT molecular complexity index is 1250. The van der Waals surface area contributed by atoms with E-state index in [2.05, 4.69) is 5.10 Å². The van der Waals surface area contributed by atoms with E-state index in [1.165, 1.54) is 12.1 Å². The van der Waals surface area contributed by atoms with Crippen molar-refractivity contribution < 1.29 is 14.1 Å². The predicted molar refractivity (Wildman–Crippen MR) is 122 cm³/mol. The molecule has 1 aliphatic heterocycles. The summed E-state index contributed by atoms with van der Waals surface area (Å²) in [6, 6.07) is 11.0. The second-order valence-electron chi connectivity index (χ2n) is 8.16. The number of nitrogens with zero attached hydrogens (tertiary/aromatic N) is 5. The van der Waals surface area contributed by atoms with E-state index in [1.807, 2.05) is 4.90 Å². The molecule has 1 saturated heterocycles. The molecule has 3 aromatic rings. The van der Waals surface area contributed by atoms with Crippen molar-refractivity contribution in [2.75, 3.05) is 31.1 Å². The first-order valence-electron chi connectivity index (χ1n) is 10.8. The maximum atomic E-state index is 14.4. The molecule has 0 saturated carbocycles. The summed E-state index contributed by atoms with van der Waals surface area (Å²) in [5.74, 6) is -0.569. The molecule has 5 rings (SSSR count). The second-order valence-corrected chi connectivity index (χ2v) is 8.60. The Labute approximate surface area is 194 Å². The number of piperazine rings is 1. The average molecular weight is 470 g/mol. The fourth-order valence-electron chi connectivity index (χ4n) is 4.64. The van der Waals surface area contributed by atoms with Crippen LogP contribution in [0.3, 0.4) is 0 Å². The quantitative estimate of drug-likeness (QED) is 0.425. The number of nitro groups is 1. The van der Waals surface area contributed by atoms with Crippen LogP contribution >= 0.6 is 11.6 Å². The zero-order valence-electron chi connectivity index (χ0n) is 17.7. The van der Waals surface area contributed by atoms with Gasteiger partial charge in [-0.05, 0) is 43.5 Å². The molecule has 0 N–H and O–H groups in total. The molecule has 10 heteroatoms. The highest BCUT2D eigenvalue weighted by Gasteiger charge is 2.32. The summed E-state index contributed by atoms with van der Waals surface area (Å²) in [6.45, 7) is 1.70. The number of halogens is 2. The Hall–Kier alpha value is -3.46. The van der Waals surface area contributed by atoms with Crippen LogP contribution in [0, 0.1) is 15.9 Å². The van der Waals surface area contributed by atoms with Crippen molar-refractivity contribution in [3.05, 3.63) is 80.4 Å². The Balaban J connectivity index is 1.37. The zero-order chi connectivity index (χ0) is 23.1. The van der Waals surface area contributed by atoms with Gasteiger partial charge in [-0.3, -0.25) is 14.9 Å². The first kappa shape index (κ1) is 21.4. The Morgan fingerprint density at radius 1 is 1.06 bits per heavy atom. The lowest BCUT2D eigenvalue weighted by Crippen LogP contribution is -2.49. The molecule has 0 spiro atoms. The van der Waals surface area contributed by atoms with Gasteiger partial charge in [-0.15, -0.1) is 0 Å². The van der Waals surface area contributed by atoms with Crippen molar-refractivity contribution in [3.63, 3.8) is 0 Å². The van der Waals surface area contributed by atoms with Crippen molar-refractivity contribution >= 4 is 28.9 Å². The molecule has 1 aromatic heterocycles. The van der Waals surface area contributed by atoms with Gasteiger partial charge in [0.1, 0.15) is 17.2 Å². The van der Waals surface area contributed by atoms with Gasteiger partial charge in [0.05, 0.1) is 4.92 Å². The molecule has 0 radical (unpaired) electrons. The monoisotopic (exact) mass is 469 g/mol. The number of hydrogen-bond acceptors (Lipinski definition) is 5. The van der Waals surface area contributed by atoms with Crippen molar-refractivity contribution in [1.29, 1.82) is 0 Å². The normalized spacial score (nSPS) is 15.6. The molecule has 1 aliphatic carbocycles. The van der Waals surface area contributed by atoms with Crippen LogP contribution < -0.4 is 4.90 Å². The fraction of sp³-hybridized carbons (Fsp3) is 0.304. The molecule has 8 nitrogen and oxygen atoms in total. The number of fused-ring (bicyclic) bond motifs is 1. The molecule has 0 atom stereocenters. The van der Waals surface area contributed by atoms with Gasteiger partial charge >= 0.3 is 0 Å². The number of rotatable bonds is 4. The van der Waals surface area contributed by atoms with E-state index in [0.29, 0.717) is 48.3 Å². The summed E-state index contributed by atoms with van der Waals surface area (Å²) in [6.07, 6.45) is 2.38. The number of amides is 1. The van der Waals surface area contributed by atoms with E-state index >= 15 is 0 Å². The number of anilines is 1. The number of para-hydroxylation sites is 1. The highest BCUT2D eigenvalue weighted by molar-refractivity contribution is 6.30. The Kier molecular flexibility index (Phi) is 5.49. The number of carbonyl (C=O) groups excluding carboxylic acids is 1. The number of hydrogen-bond donors (Lipinski definition) is 0. The Morgan fingerprint density at radius 2 is 1.82 bits per heavy atom. The molecule has 33 heavy (non-hydrogen) atoms. The van der Waals surface area contributed by atoms with E-state index < -0.39 is 4.92 Å². The minimum atomic E-state index is -0.447.